The van der Waals surface area contributed by atoms with Crippen LogP contribution in [0.25, 0.3) is 0 Å². The molecule has 0 spiro atoms. The van der Waals surface area contributed by atoms with Gasteiger partial charge in [-0.1, -0.05) is 18.1 Å². The molecule has 0 atom stereocenters. The van der Waals surface area contributed by atoms with Crippen molar-refractivity contribution in [2.75, 3.05) is 0 Å². The topological polar surface area (TPSA) is 35.5 Å². The highest BCUT2D eigenvalue weighted by Gasteiger charge is 2.18. The van der Waals surface area contributed by atoms with E-state index in [9.17, 15) is 4.79 Å². The smallest absolute Gasteiger partial charge is 0.428 e. The largest absolute Gasteiger partial charge is 0.514 e. The summed E-state index contributed by atoms with van der Waals surface area (Å²) in [6.45, 7) is 5.29. The number of para-hydroxylation sites is 1. The van der Waals surface area contributed by atoms with Crippen molar-refractivity contribution >= 4 is 14.0 Å². The second-order valence-electron chi connectivity index (χ2n) is 4.33. The molecule has 1 rings (SSSR count). The highest BCUT2D eigenvalue weighted by molar-refractivity contribution is 6.22. The lowest BCUT2D eigenvalue weighted by molar-refractivity contribution is 0.0205. The molecule has 0 N–H and O–H groups in total. The Morgan fingerprint density at radius 3 is 2.53 bits per heavy atom. The third-order valence-electron chi connectivity index (χ3n) is 1.68. The molecule has 3 nitrogen and oxygen atoms in total. The van der Waals surface area contributed by atoms with Crippen LogP contribution >= 0.6 is 0 Å². The molecule has 86 valence electrons. The maximum absolute atomic E-state index is 11.5. The molecule has 0 fully saturated rings. The fourth-order valence-corrected chi connectivity index (χ4v) is 1.10. The Bertz CT molecular complexity index is 464. The lowest BCUT2D eigenvalue weighted by Gasteiger charge is -2.18. The molecular formula is C13H13BO3. The zero-order valence-corrected chi connectivity index (χ0v) is 10.1. The summed E-state index contributed by atoms with van der Waals surface area (Å²) in [5.74, 6) is 5.24. The van der Waals surface area contributed by atoms with Crippen LogP contribution in [0.2, 0.25) is 0 Å². The monoisotopic (exact) mass is 228 g/mol. The third kappa shape index (κ3) is 4.65. The summed E-state index contributed by atoms with van der Waals surface area (Å²) in [4.78, 5) is 11.5. The van der Waals surface area contributed by atoms with Crippen LogP contribution in [0.5, 0.6) is 5.75 Å². The van der Waals surface area contributed by atoms with Crippen molar-refractivity contribution in [1.29, 1.82) is 0 Å². The number of hydrogen-bond acceptors (Lipinski definition) is 3. The van der Waals surface area contributed by atoms with Crippen LogP contribution in [-0.2, 0) is 4.74 Å². The average molecular weight is 228 g/mol. The quantitative estimate of drug-likeness (QED) is 0.320. The van der Waals surface area contributed by atoms with Crippen LogP contribution in [0.4, 0.5) is 4.79 Å². The van der Waals surface area contributed by atoms with E-state index in [-0.39, 0.29) is 0 Å². The van der Waals surface area contributed by atoms with E-state index in [0.717, 1.165) is 0 Å². The van der Waals surface area contributed by atoms with Crippen LogP contribution in [0.15, 0.2) is 24.3 Å². The molecule has 1 aromatic rings. The Morgan fingerprint density at radius 2 is 1.94 bits per heavy atom. The Balaban J connectivity index is 2.80. The SMILES string of the molecule is [B]C#Cc1ccccc1OC(=O)OC(C)(C)C. The average Bonchev–Trinajstić information content (AvgIpc) is 2.18. The second kappa shape index (κ2) is 5.45. The van der Waals surface area contributed by atoms with Crippen molar-refractivity contribution < 1.29 is 14.3 Å². The van der Waals surface area contributed by atoms with Crippen LogP contribution < -0.4 is 4.74 Å². The molecule has 0 bridgehead atoms. The fraction of sp³-hybridized carbons (Fsp3) is 0.308. The minimum absolute atomic E-state index is 0.333. The van der Waals surface area contributed by atoms with Gasteiger partial charge in [0.25, 0.3) is 0 Å². The summed E-state index contributed by atoms with van der Waals surface area (Å²) >= 11 is 0. The first kappa shape index (κ1) is 13.2. The summed E-state index contributed by atoms with van der Waals surface area (Å²) in [6.07, 6.45) is -0.760. The summed E-state index contributed by atoms with van der Waals surface area (Å²) < 4.78 is 10.1. The predicted octanol–water partition coefficient (Wildman–Crippen LogP) is 2.48. The van der Waals surface area contributed by atoms with Crippen molar-refractivity contribution in [2.45, 2.75) is 26.4 Å². The normalized spacial score (nSPS) is 10.1. The Kier molecular flexibility index (Phi) is 4.22. The Labute approximate surface area is 103 Å². The van der Waals surface area contributed by atoms with E-state index in [1.165, 1.54) is 0 Å². The molecule has 0 aliphatic heterocycles. The first-order valence-electron chi connectivity index (χ1n) is 5.14. The van der Waals surface area contributed by atoms with Crippen molar-refractivity contribution in [3.05, 3.63) is 29.8 Å². The molecule has 0 amide bonds. The van der Waals surface area contributed by atoms with Gasteiger partial charge in [-0.05, 0) is 32.9 Å². The number of carbonyl (C=O) groups is 1. The summed E-state index contributed by atoms with van der Waals surface area (Å²) in [7, 11) is 5.13. The van der Waals surface area contributed by atoms with Gasteiger partial charge in [-0.3, -0.25) is 0 Å². The molecule has 0 unspecified atom stereocenters. The molecule has 17 heavy (non-hydrogen) atoms. The number of carbonyl (C=O) groups excluding carboxylic acids is 1. The molecule has 0 saturated heterocycles. The number of hydrogen-bond donors (Lipinski definition) is 0. The van der Waals surface area contributed by atoms with Gasteiger partial charge in [-0.2, -0.15) is 5.82 Å². The number of benzene rings is 1. The zero-order chi connectivity index (χ0) is 12.9. The van der Waals surface area contributed by atoms with Crippen molar-refractivity contribution in [3.8, 4) is 17.5 Å². The van der Waals surface area contributed by atoms with Crippen LogP contribution in [-0.4, -0.2) is 19.6 Å². The van der Waals surface area contributed by atoms with Gasteiger partial charge >= 0.3 is 6.16 Å². The molecule has 2 radical (unpaired) electrons. The molecule has 0 aromatic heterocycles. The van der Waals surface area contributed by atoms with E-state index in [2.05, 4.69) is 11.7 Å². The van der Waals surface area contributed by atoms with Crippen LogP contribution in [0.1, 0.15) is 26.3 Å². The zero-order valence-electron chi connectivity index (χ0n) is 10.1. The van der Waals surface area contributed by atoms with Crippen LogP contribution in [0.3, 0.4) is 0 Å². The minimum Gasteiger partial charge on any atom is -0.428 e. The van der Waals surface area contributed by atoms with E-state index in [4.69, 9.17) is 17.3 Å². The number of rotatable bonds is 1. The van der Waals surface area contributed by atoms with Gasteiger partial charge in [0.15, 0.2) is 7.85 Å². The summed E-state index contributed by atoms with van der Waals surface area (Å²) in [5, 5.41) is 0. The van der Waals surface area contributed by atoms with Crippen molar-refractivity contribution in [3.63, 3.8) is 0 Å². The van der Waals surface area contributed by atoms with E-state index in [1.54, 1.807) is 45.0 Å². The number of ether oxygens (including phenoxy) is 2. The molecule has 0 aliphatic carbocycles. The lowest BCUT2D eigenvalue weighted by atomic mass is 10.1. The predicted molar refractivity (Wildman–Crippen MR) is 65.9 cm³/mol. The maximum atomic E-state index is 11.5. The van der Waals surface area contributed by atoms with Gasteiger partial charge in [0.05, 0.1) is 5.56 Å². The lowest BCUT2D eigenvalue weighted by Crippen LogP contribution is -2.26. The van der Waals surface area contributed by atoms with Crippen LogP contribution in [0, 0.1) is 11.7 Å². The van der Waals surface area contributed by atoms with E-state index in [0.29, 0.717) is 11.3 Å². The molecule has 4 heteroatoms. The van der Waals surface area contributed by atoms with Gasteiger partial charge in [-0.25, -0.2) is 4.79 Å². The molecule has 1 aromatic carbocycles. The summed E-state index contributed by atoms with van der Waals surface area (Å²) in [5.41, 5.74) is -0.0492. The van der Waals surface area contributed by atoms with Crippen molar-refractivity contribution in [2.24, 2.45) is 0 Å². The fourth-order valence-electron chi connectivity index (χ4n) is 1.10. The molecule has 0 heterocycles. The molecule has 0 saturated carbocycles. The van der Waals surface area contributed by atoms with Gasteiger partial charge in [-0.15, -0.1) is 0 Å². The van der Waals surface area contributed by atoms with E-state index in [1.807, 2.05) is 0 Å². The van der Waals surface area contributed by atoms with Gasteiger partial charge in [0, 0.05) is 0 Å². The second-order valence-corrected chi connectivity index (χ2v) is 4.33. The molecular weight excluding hydrogens is 215 g/mol. The molecule has 0 aliphatic rings. The van der Waals surface area contributed by atoms with E-state index >= 15 is 0 Å². The third-order valence-corrected chi connectivity index (χ3v) is 1.68. The van der Waals surface area contributed by atoms with Crippen molar-refractivity contribution in [1.82, 2.24) is 0 Å². The minimum atomic E-state index is -0.760. The maximum Gasteiger partial charge on any atom is 0.514 e. The van der Waals surface area contributed by atoms with Gasteiger partial charge in [0.1, 0.15) is 11.4 Å². The first-order valence-corrected chi connectivity index (χ1v) is 5.14. The summed E-state index contributed by atoms with van der Waals surface area (Å²) in [6, 6.07) is 6.85. The Hall–Kier alpha value is -1.89. The van der Waals surface area contributed by atoms with Gasteiger partial charge < -0.3 is 9.47 Å². The first-order chi connectivity index (χ1) is 7.92. The highest BCUT2D eigenvalue weighted by atomic mass is 16.7. The van der Waals surface area contributed by atoms with E-state index < -0.39 is 11.8 Å². The highest BCUT2D eigenvalue weighted by Crippen LogP contribution is 2.18. The van der Waals surface area contributed by atoms with Gasteiger partial charge in [0.2, 0.25) is 0 Å². The standard InChI is InChI=1S/C13H13BO3/c1-13(2,3)17-12(15)16-11-7-5-4-6-10(11)8-9-14/h4-7H,1-3H3. The Morgan fingerprint density at radius 1 is 1.29 bits per heavy atom.